The molecule has 4 heteroatoms. The van der Waals surface area contributed by atoms with Gasteiger partial charge in [-0.1, -0.05) is 6.08 Å². The van der Waals surface area contributed by atoms with Crippen LogP contribution in [0.15, 0.2) is 17.3 Å². The molecule has 4 nitrogen and oxygen atoms in total. The van der Waals surface area contributed by atoms with Crippen LogP contribution in [0, 0.1) is 0 Å². The molecule has 1 fully saturated rings. The number of nitrogens with zero attached hydrogens (tertiary/aromatic N) is 2. The van der Waals surface area contributed by atoms with Crippen molar-refractivity contribution in [1.82, 2.24) is 4.90 Å². The van der Waals surface area contributed by atoms with Crippen molar-refractivity contribution in [1.29, 1.82) is 0 Å². The zero-order valence-corrected chi connectivity index (χ0v) is 8.61. The fraction of sp³-hybridized carbons (Fsp3) is 0.545. The first-order valence-electron chi connectivity index (χ1n) is 5.31. The lowest BCUT2D eigenvalue weighted by Crippen LogP contribution is -2.41. The van der Waals surface area contributed by atoms with Gasteiger partial charge in [0.25, 0.3) is 0 Å². The van der Waals surface area contributed by atoms with Crippen molar-refractivity contribution in [2.45, 2.75) is 32.1 Å². The topological polar surface area (TPSA) is 49.7 Å². The van der Waals surface area contributed by atoms with E-state index in [4.69, 9.17) is 0 Å². The maximum atomic E-state index is 11.5. The molecule has 80 valence electrons. The third-order valence-corrected chi connectivity index (χ3v) is 2.72. The fourth-order valence-corrected chi connectivity index (χ4v) is 1.86. The van der Waals surface area contributed by atoms with E-state index in [9.17, 15) is 9.59 Å². The van der Waals surface area contributed by atoms with Crippen LogP contribution in [0.2, 0.25) is 0 Å². The average Bonchev–Trinajstić information content (AvgIpc) is 2.70. The lowest BCUT2D eigenvalue weighted by Gasteiger charge is -2.24. The minimum atomic E-state index is -0.0298. The van der Waals surface area contributed by atoms with Gasteiger partial charge in [-0.05, 0) is 6.42 Å². The highest BCUT2D eigenvalue weighted by Crippen LogP contribution is 2.13. The summed E-state index contributed by atoms with van der Waals surface area (Å²) in [5, 5.41) is 0. The molecule has 15 heavy (non-hydrogen) atoms. The standard InChI is InChI=1S/C11H14N2O2/c14-10-4-1-5-11(15)13(10)8-6-9-3-2-7-12-9/h2,7H,1,3-6,8H2. The number of rotatable bonds is 3. The Kier molecular flexibility index (Phi) is 2.94. The Labute approximate surface area is 88.7 Å². The summed E-state index contributed by atoms with van der Waals surface area (Å²) in [4.78, 5) is 28.5. The largest absolute Gasteiger partial charge is 0.282 e. The van der Waals surface area contributed by atoms with E-state index in [0.717, 1.165) is 12.1 Å². The molecule has 0 atom stereocenters. The van der Waals surface area contributed by atoms with E-state index in [1.54, 1.807) is 6.20 Å². The van der Waals surface area contributed by atoms with Gasteiger partial charge in [0, 0.05) is 44.1 Å². The second-order valence-corrected chi connectivity index (χ2v) is 3.83. The number of piperidine rings is 1. The number of hydrogen-bond donors (Lipinski definition) is 0. The molecule has 0 saturated carbocycles. The highest BCUT2D eigenvalue weighted by atomic mass is 16.2. The zero-order valence-electron chi connectivity index (χ0n) is 8.61. The Morgan fingerprint density at radius 3 is 2.60 bits per heavy atom. The highest BCUT2D eigenvalue weighted by Gasteiger charge is 2.25. The molecule has 0 unspecified atom stereocenters. The predicted molar refractivity (Wildman–Crippen MR) is 56.4 cm³/mol. The molecule has 0 aromatic rings. The molecule has 0 N–H and O–H groups in total. The number of aliphatic imine (C=N–C) groups is 1. The second-order valence-electron chi connectivity index (χ2n) is 3.83. The molecule has 0 aliphatic carbocycles. The molecular formula is C11H14N2O2. The SMILES string of the molecule is O=C1CCCC(=O)N1CCC1=NC=CC1. The van der Waals surface area contributed by atoms with Gasteiger partial charge in [-0.15, -0.1) is 0 Å². The number of allylic oxidation sites excluding steroid dienone is 1. The van der Waals surface area contributed by atoms with Crippen molar-refractivity contribution in [3.05, 3.63) is 12.3 Å². The lowest BCUT2D eigenvalue weighted by atomic mass is 10.1. The Bertz CT molecular complexity index is 328. The number of hydrogen-bond acceptors (Lipinski definition) is 3. The van der Waals surface area contributed by atoms with Gasteiger partial charge in [0.05, 0.1) is 0 Å². The molecule has 0 bridgehead atoms. The van der Waals surface area contributed by atoms with Crippen LogP contribution >= 0.6 is 0 Å². The third-order valence-electron chi connectivity index (χ3n) is 2.72. The summed E-state index contributed by atoms with van der Waals surface area (Å²) in [5.74, 6) is -0.0596. The van der Waals surface area contributed by atoms with Crippen molar-refractivity contribution in [3.63, 3.8) is 0 Å². The van der Waals surface area contributed by atoms with Crippen LogP contribution in [0.5, 0.6) is 0 Å². The quantitative estimate of drug-likeness (QED) is 0.653. The van der Waals surface area contributed by atoms with Gasteiger partial charge in [0.15, 0.2) is 0 Å². The van der Waals surface area contributed by atoms with Crippen LogP contribution in [-0.2, 0) is 9.59 Å². The van der Waals surface area contributed by atoms with Crippen LogP contribution in [0.25, 0.3) is 0 Å². The van der Waals surface area contributed by atoms with Crippen molar-refractivity contribution in [2.75, 3.05) is 6.54 Å². The summed E-state index contributed by atoms with van der Waals surface area (Å²) in [7, 11) is 0. The molecule has 2 amide bonds. The number of amides is 2. The smallest absolute Gasteiger partial charge is 0.229 e. The van der Waals surface area contributed by atoms with Gasteiger partial charge in [0.2, 0.25) is 11.8 Å². The predicted octanol–water partition coefficient (Wildman–Crippen LogP) is 1.27. The van der Waals surface area contributed by atoms with Crippen molar-refractivity contribution >= 4 is 17.5 Å². The minimum Gasteiger partial charge on any atom is -0.282 e. The van der Waals surface area contributed by atoms with E-state index in [1.165, 1.54) is 4.90 Å². The molecule has 2 aliphatic heterocycles. The van der Waals surface area contributed by atoms with Crippen LogP contribution < -0.4 is 0 Å². The number of likely N-dealkylation sites (tertiary alicyclic amines) is 1. The molecule has 0 aromatic heterocycles. The first-order chi connectivity index (χ1) is 7.27. The van der Waals surface area contributed by atoms with Gasteiger partial charge < -0.3 is 0 Å². The first kappa shape index (κ1) is 10.1. The van der Waals surface area contributed by atoms with E-state index >= 15 is 0 Å². The van der Waals surface area contributed by atoms with E-state index in [0.29, 0.717) is 32.2 Å². The third kappa shape index (κ3) is 2.32. The molecule has 2 rings (SSSR count). The van der Waals surface area contributed by atoms with Crippen molar-refractivity contribution < 1.29 is 9.59 Å². The highest BCUT2D eigenvalue weighted by molar-refractivity contribution is 5.98. The molecule has 2 aliphatic rings. The summed E-state index contributed by atoms with van der Waals surface area (Å²) < 4.78 is 0. The normalized spacial score (nSPS) is 21.1. The Hall–Kier alpha value is -1.45. The monoisotopic (exact) mass is 206 g/mol. The van der Waals surface area contributed by atoms with Crippen LogP contribution in [-0.4, -0.2) is 29.0 Å². The molecule has 2 heterocycles. The van der Waals surface area contributed by atoms with Crippen molar-refractivity contribution in [2.24, 2.45) is 4.99 Å². The van der Waals surface area contributed by atoms with Gasteiger partial charge >= 0.3 is 0 Å². The lowest BCUT2D eigenvalue weighted by molar-refractivity contribution is -0.147. The average molecular weight is 206 g/mol. The molecule has 0 aromatic carbocycles. The van der Waals surface area contributed by atoms with Crippen LogP contribution in [0.1, 0.15) is 32.1 Å². The van der Waals surface area contributed by atoms with E-state index < -0.39 is 0 Å². The Morgan fingerprint density at radius 1 is 1.27 bits per heavy atom. The van der Waals surface area contributed by atoms with E-state index in [2.05, 4.69) is 4.99 Å². The van der Waals surface area contributed by atoms with Crippen molar-refractivity contribution in [3.8, 4) is 0 Å². The fourth-order valence-electron chi connectivity index (χ4n) is 1.86. The van der Waals surface area contributed by atoms with Gasteiger partial charge in [-0.3, -0.25) is 19.5 Å². The summed E-state index contributed by atoms with van der Waals surface area (Å²) in [6.45, 7) is 0.498. The molecule has 0 radical (unpaired) electrons. The number of imide groups is 1. The second kappa shape index (κ2) is 4.38. The van der Waals surface area contributed by atoms with Gasteiger partial charge in [-0.2, -0.15) is 0 Å². The maximum Gasteiger partial charge on any atom is 0.229 e. The zero-order chi connectivity index (χ0) is 10.7. The molecule has 0 spiro atoms. The van der Waals surface area contributed by atoms with Gasteiger partial charge in [-0.25, -0.2) is 0 Å². The summed E-state index contributed by atoms with van der Waals surface area (Å²) >= 11 is 0. The van der Waals surface area contributed by atoms with Crippen LogP contribution in [0.4, 0.5) is 0 Å². The molecular weight excluding hydrogens is 192 g/mol. The summed E-state index contributed by atoms with van der Waals surface area (Å²) in [6.07, 6.45) is 7.05. The van der Waals surface area contributed by atoms with E-state index in [-0.39, 0.29) is 11.8 Å². The maximum absolute atomic E-state index is 11.5. The Balaban J connectivity index is 1.87. The first-order valence-corrected chi connectivity index (χ1v) is 5.31. The van der Waals surface area contributed by atoms with E-state index in [1.807, 2.05) is 6.08 Å². The minimum absolute atomic E-state index is 0.0298. The van der Waals surface area contributed by atoms with Gasteiger partial charge in [0.1, 0.15) is 0 Å². The summed E-state index contributed by atoms with van der Waals surface area (Å²) in [5.41, 5.74) is 1.06. The number of carbonyl (C=O) groups excluding carboxylic acids is 2. The summed E-state index contributed by atoms with van der Waals surface area (Å²) in [6, 6.07) is 0. The Morgan fingerprint density at radius 2 is 2.00 bits per heavy atom. The number of carbonyl (C=O) groups is 2. The van der Waals surface area contributed by atoms with Crippen LogP contribution in [0.3, 0.4) is 0 Å². The molecule has 1 saturated heterocycles.